The molecule has 138 valence electrons. The molecule has 0 spiro atoms. The number of carbonyl (C=O) groups excluding carboxylic acids is 1. The van der Waals surface area contributed by atoms with Crippen LogP contribution in [0, 0.1) is 6.92 Å². The molecule has 0 aliphatic carbocycles. The number of rotatable bonds is 8. The second-order valence-corrected chi connectivity index (χ2v) is 7.30. The van der Waals surface area contributed by atoms with Crippen LogP contribution in [0.4, 0.5) is 0 Å². The number of hydrogen-bond donors (Lipinski definition) is 0. The minimum Gasteiger partial charge on any atom is -0.484 e. The summed E-state index contributed by atoms with van der Waals surface area (Å²) in [6.07, 6.45) is 3.24. The molecule has 6 nitrogen and oxygen atoms in total. The maximum atomic E-state index is 12.5. The highest BCUT2D eigenvalue weighted by molar-refractivity contribution is 7.18. The van der Waals surface area contributed by atoms with Crippen LogP contribution in [0.1, 0.15) is 48.1 Å². The van der Waals surface area contributed by atoms with E-state index in [2.05, 4.69) is 23.8 Å². The van der Waals surface area contributed by atoms with Crippen LogP contribution in [0.3, 0.4) is 0 Å². The molecule has 0 radical (unpaired) electrons. The fraction of sp³-hybridized carbons (Fsp3) is 0.421. The van der Waals surface area contributed by atoms with Crippen LogP contribution in [-0.2, 0) is 6.61 Å². The van der Waals surface area contributed by atoms with Crippen molar-refractivity contribution in [1.82, 2.24) is 14.9 Å². The van der Waals surface area contributed by atoms with E-state index in [1.165, 1.54) is 6.26 Å². The van der Waals surface area contributed by atoms with Crippen molar-refractivity contribution in [2.45, 2.75) is 40.2 Å². The highest BCUT2D eigenvalue weighted by atomic mass is 32.1. The number of hydrogen-bond acceptors (Lipinski definition) is 6. The van der Waals surface area contributed by atoms with Crippen molar-refractivity contribution < 1.29 is 13.9 Å². The Labute approximate surface area is 156 Å². The van der Waals surface area contributed by atoms with Crippen molar-refractivity contribution >= 4 is 27.5 Å². The summed E-state index contributed by atoms with van der Waals surface area (Å²) in [5.74, 6) is 0.992. The van der Waals surface area contributed by atoms with Gasteiger partial charge in [-0.05, 0) is 31.9 Å². The summed E-state index contributed by atoms with van der Waals surface area (Å²) in [5.41, 5.74) is 1.25. The van der Waals surface area contributed by atoms with Crippen LogP contribution in [-0.4, -0.2) is 33.9 Å². The van der Waals surface area contributed by atoms with Gasteiger partial charge in [-0.3, -0.25) is 4.79 Å². The van der Waals surface area contributed by atoms with E-state index >= 15 is 0 Å². The monoisotopic (exact) mass is 373 g/mol. The van der Waals surface area contributed by atoms with Crippen LogP contribution in [0.25, 0.3) is 10.2 Å². The van der Waals surface area contributed by atoms with Gasteiger partial charge in [0.25, 0.3) is 5.91 Å². The Bertz CT molecular complexity index is 881. The first-order chi connectivity index (χ1) is 12.6. The number of amides is 1. The molecule has 1 aromatic carbocycles. The third-order valence-corrected chi connectivity index (χ3v) is 4.83. The number of benzene rings is 1. The number of aryl methyl sites for hydroxylation is 1. The summed E-state index contributed by atoms with van der Waals surface area (Å²) in [7, 11) is 0. The Morgan fingerprint density at radius 2 is 2.00 bits per heavy atom. The second kappa shape index (κ2) is 8.31. The Morgan fingerprint density at radius 3 is 2.73 bits per heavy atom. The number of aromatic nitrogens is 2. The summed E-state index contributed by atoms with van der Waals surface area (Å²) in [5, 5.41) is 1.02. The van der Waals surface area contributed by atoms with Gasteiger partial charge in [-0.2, -0.15) is 0 Å². The van der Waals surface area contributed by atoms with E-state index in [1.54, 1.807) is 16.2 Å². The Morgan fingerprint density at radius 1 is 1.23 bits per heavy atom. The standard InChI is InChI=1S/C19H23N3O3S/c1-4-8-22(9-5-2)19(23)16-11-25-18(21-16)12-24-14-6-7-17-15(10-14)20-13(3)26-17/h6-7,10-11H,4-5,8-9,12H2,1-3H3. The van der Waals surface area contributed by atoms with Gasteiger partial charge in [0.2, 0.25) is 5.89 Å². The minimum absolute atomic E-state index is 0.0944. The molecule has 3 aromatic rings. The normalized spacial score (nSPS) is 11.0. The molecule has 0 N–H and O–H groups in total. The molecule has 2 aromatic heterocycles. The molecular formula is C19H23N3O3S. The minimum atomic E-state index is -0.0944. The first kappa shape index (κ1) is 18.4. The van der Waals surface area contributed by atoms with E-state index in [9.17, 15) is 4.79 Å². The van der Waals surface area contributed by atoms with E-state index in [4.69, 9.17) is 9.15 Å². The summed E-state index contributed by atoms with van der Waals surface area (Å²) in [6, 6.07) is 5.80. The van der Waals surface area contributed by atoms with Gasteiger partial charge in [-0.15, -0.1) is 11.3 Å². The van der Waals surface area contributed by atoms with Gasteiger partial charge >= 0.3 is 0 Å². The maximum absolute atomic E-state index is 12.5. The highest BCUT2D eigenvalue weighted by Gasteiger charge is 2.18. The molecule has 0 aliphatic rings. The van der Waals surface area contributed by atoms with Gasteiger partial charge in [0.1, 0.15) is 12.0 Å². The van der Waals surface area contributed by atoms with Gasteiger partial charge in [0.05, 0.1) is 15.2 Å². The van der Waals surface area contributed by atoms with E-state index in [0.717, 1.165) is 41.2 Å². The number of thiazole rings is 1. The average molecular weight is 373 g/mol. The molecule has 0 aliphatic heterocycles. The summed E-state index contributed by atoms with van der Waals surface area (Å²) in [6.45, 7) is 7.70. The molecule has 0 saturated heterocycles. The summed E-state index contributed by atoms with van der Waals surface area (Å²) >= 11 is 1.65. The van der Waals surface area contributed by atoms with Gasteiger partial charge in [-0.1, -0.05) is 13.8 Å². The van der Waals surface area contributed by atoms with Crippen LogP contribution in [0.15, 0.2) is 28.9 Å². The topological polar surface area (TPSA) is 68.5 Å². The fourth-order valence-corrected chi connectivity index (χ4v) is 3.56. The molecule has 7 heteroatoms. The number of carbonyl (C=O) groups is 1. The van der Waals surface area contributed by atoms with Crippen LogP contribution < -0.4 is 4.74 Å². The summed E-state index contributed by atoms with van der Waals surface area (Å²) in [4.78, 5) is 23.1. The lowest BCUT2D eigenvalue weighted by atomic mass is 10.3. The predicted octanol–water partition coefficient (Wildman–Crippen LogP) is 4.43. The molecule has 0 unspecified atom stereocenters. The molecule has 26 heavy (non-hydrogen) atoms. The quantitative estimate of drug-likeness (QED) is 0.584. The van der Waals surface area contributed by atoms with Crippen LogP contribution in [0.5, 0.6) is 5.75 Å². The van der Waals surface area contributed by atoms with Crippen molar-refractivity contribution in [2.24, 2.45) is 0 Å². The Kier molecular flexibility index (Phi) is 5.88. The van der Waals surface area contributed by atoms with Crippen molar-refractivity contribution in [3.63, 3.8) is 0 Å². The second-order valence-electron chi connectivity index (χ2n) is 6.07. The molecule has 1 amide bonds. The molecule has 0 atom stereocenters. The van der Waals surface area contributed by atoms with E-state index in [-0.39, 0.29) is 12.5 Å². The zero-order valence-electron chi connectivity index (χ0n) is 15.3. The number of fused-ring (bicyclic) bond motifs is 1. The Balaban J connectivity index is 1.64. The largest absolute Gasteiger partial charge is 0.484 e. The van der Waals surface area contributed by atoms with Crippen molar-refractivity contribution in [3.8, 4) is 5.75 Å². The van der Waals surface area contributed by atoms with Gasteiger partial charge in [0.15, 0.2) is 12.3 Å². The van der Waals surface area contributed by atoms with E-state index in [1.807, 2.05) is 25.1 Å². The van der Waals surface area contributed by atoms with Crippen LogP contribution >= 0.6 is 11.3 Å². The maximum Gasteiger partial charge on any atom is 0.275 e. The van der Waals surface area contributed by atoms with Gasteiger partial charge in [0, 0.05) is 19.2 Å². The van der Waals surface area contributed by atoms with E-state index in [0.29, 0.717) is 17.3 Å². The van der Waals surface area contributed by atoms with Crippen molar-refractivity contribution in [3.05, 3.63) is 41.1 Å². The SMILES string of the molecule is CCCN(CCC)C(=O)c1coc(COc2ccc3sc(C)nc3c2)n1. The average Bonchev–Trinajstić information content (AvgIpc) is 3.24. The molecular weight excluding hydrogens is 350 g/mol. The first-order valence-corrected chi connectivity index (χ1v) is 9.66. The molecule has 2 heterocycles. The molecule has 0 bridgehead atoms. The van der Waals surface area contributed by atoms with Crippen LogP contribution in [0.2, 0.25) is 0 Å². The third kappa shape index (κ3) is 4.22. The van der Waals surface area contributed by atoms with Gasteiger partial charge < -0.3 is 14.1 Å². The fourth-order valence-electron chi connectivity index (χ4n) is 2.75. The first-order valence-electron chi connectivity index (χ1n) is 8.84. The smallest absolute Gasteiger partial charge is 0.275 e. The van der Waals surface area contributed by atoms with Crippen molar-refractivity contribution in [1.29, 1.82) is 0 Å². The molecule has 0 fully saturated rings. The zero-order chi connectivity index (χ0) is 18.5. The van der Waals surface area contributed by atoms with E-state index < -0.39 is 0 Å². The lowest BCUT2D eigenvalue weighted by Crippen LogP contribution is -2.32. The molecule has 0 saturated carbocycles. The third-order valence-electron chi connectivity index (χ3n) is 3.87. The van der Waals surface area contributed by atoms with Gasteiger partial charge in [-0.25, -0.2) is 9.97 Å². The van der Waals surface area contributed by atoms with Crippen molar-refractivity contribution in [2.75, 3.05) is 13.1 Å². The number of ether oxygens (including phenoxy) is 1. The Hall–Kier alpha value is -2.41. The lowest BCUT2D eigenvalue weighted by molar-refractivity contribution is 0.0749. The summed E-state index contributed by atoms with van der Waals surface area (Å²) < 4.78 is 12.3. The molecule has 3 rings (SSSR count). The lowest BCUT2D eigenvalue weighted by Gasteiger charge is -2.19. The number of nitrogens with zero attached hydrogens (tertiary/aromatic N) is 3. The zero-order valence-corrected chi connectivity index (χ0v) is 16.1. The highest BCUT2D eigenvalue weighted by Crippen LogP contribution is 2.26. The number of oxazole rings is 1. The predicted molar refractivity (Wildman–Crippen MR) is 102 cm³/mol.